The quantitative estimate of drug-likeness (QED) is 0.783. The molecular formula is C19H33N5O. The average molecular weight is 348 g/mol. The van der Waals surface area contributed by atoms with Crippen LogP contribution in [-0.4, -0.2) is 96.1 Å². The van der Waals surface area contributed by atoms with Crippen LogP contribution >= 0.6 is 0 Å². The van der Waals surface area contributed by atoms with Gasteiger partial charge >= 0.3 is 0 Å². The van der Waals surface area contributed by atoms with Crippen LogP contribution in [0.5, 0.6) is 0 Å². The molecule has 3 atom stereocenters. The maximum atomic E-state index is 5.62. The number of likely N-dealkylation sites (N-methyl/N-ethyl adjacent to an activating group) is 1. The summed E-state index contributed by atoms with van der Waals surface area (Å²) in [5.41, 5.74) is 1.38. The molecule has 25 heavy (non-hydrogen) atoms. The molecule has 0 saturated carbocycles. The number of aryl methyl sites for hydroxylation is 1. The first kappa shape index (κ1) is 17.5. The van der Waals surface area contributed by atoms with Crippen molar-refractivity contribution in [2.24, 2.45) is 13.0 Å². The summed E-state index contributed by atoms with van der Waals surface area (Å²) in [4.78, 5) is 7.97. The van der Waals surface area contributed by atoms with Crippen LogP contribution in [0.3, 0.4) is 0 Å². The van der Waals surface area contributed by atoms with Gasteiger partial charge in [-0.2, -0.15) is 5.10 Å². The number of aromatic nitrogens is 2. The Hall–Kier alpha value is -0.950. The fourth-order valence-corrected chi connectivity index (χ4v) is 4.85. The first-order valence-electron chi connectivity index (χ1n) is 9.91. The largest absolute Gasteiger partial charge is 0.381 e. The lowest BCUT2D eigenvalue weighted by Crippen LogP contribution is -2.53. The Labute approximate surface area is 151 Å². The van der Waals surface area contributed by atoms with Gasteiger partial charge in [-0.1, -0.05) is 0 Å². The smallest absolute Gasteiger partial charge is 0.0522 e. The molecule has 0 aliphatic carbocycles. The second kappa shape index (κ2) is 7.74. The van der Waals surface area contributed by atoms with Crippen molar-refractivity contribution in [2.75, 3.05) is 59.5 Å². The fraction of sp³-hybridized carbons (Fsp3) is 0.842. The van der Waals surface area contributed by atoms with E-state index in [0.29, 0.717) is 12.1 Å². The molecule has 140 valence electrons. The maximum absolute atomic E-state index is 5.62. The Bertz CT molecular complexity index is 548. The summed E-state index contributed by atoms with van der Waals surface area (Å²) in [6.45, 7) is 9.17. The third-order valence-electron chi connectivity index (χ3n) is 6.35. The van der Waals surface area contributed by atoms with Crippen molar-refractivity contribution < 1.29 is 4.74 Å². The molecule has 3 aliphatic heterocycles. The van der Waals surface area contributed by atoms with Gasteiger partial charge in [-0.15, -0.1) is 0 Å². The molecule has 0 amide bonds. The van der Waals surface area contributed by atoms with Gasteiger partial charge in [-0.25, -0.2) is 0 Å². The van der Waals surface area contributed by atoms with E-state index in [0.717, 1.165) is 25.6 Å². The topological polar surface area (TPSA) is 36.8 Å². The Balaban J connectivity index is 1.46. The van der Waals surface area contributed by atoms with Crippen molar-refractivity contribution in [1.82, 2.24) is 24.5 Å². The normalized spacial score (nSPS) is 32.6. The summed E-state index contributed by atoms with van der Waals surface area (Å²) in [5, 5.41) is 4.39. The van der Waals surface area contributed by atoms with Crippen molar-refractivity contribution in [3.63, 3.8) is 0 Å². The summed E-state index contributed by atoms with van der Waals surface area (Å²) in [7, 11) is 4.26. The number of piperazine rings is 1. The van der Waals surface area contributed by atoms with Gasteiger partial charge in [0.1, 0.15) is 0 Å². The van der Waals surface area contributed by atoms with Crippen molar-refractivity contribution in [1.29, 1.82) is 0 Å². The van der Waals surface area contributed by atoms with Crippen LogP contribution in [0.2, 0.25) is 0 Å². The molecule has 1 aromatic rings. The summed E-state index contributed by atoms with van der Waals surface area (Å²) < 4.78 is 7.56. The molecule has 0 spiro atoms. The van der Waals surface area contributed by atoms with Gasteiger partial charge in [-0.3, -0.25) is 14.5 Å². The van der Waals surface area contributed by atoms with E-state index in [1.807, 2.05) is 11.7 Å². The highest BCUT2D eigenvalue weighted by Crippen LogP contribution is 2.29. The molecule has 0 aromatic carbocycles. The molecule has 6 heteroatoms. The van der Waals surface area contributed by atoms with E-state index in [-0.39, 0.29) is 0 Å². The number of likely N-dealkylation sites (tertiary alicyclic amines) is 1. The van der Waals surface area contributed by atoms with Crippen molar-refractivity contribution in [3.8, 4) is 0 Å². The number of hydrogen-bond acceptors (Lipinski definition) is 5. The van der Waals surface area contributed by atoms with Crippen LogP contribution in [0.1, 0.15) is 18.4 Å². The van der Waals surface area contributed by atoms with E-state index in [1.165, 1.54) is 57.7 Å². The molecule has 3 aliphatic rings. The standard InChI is InChI=1S/C19H33N5O/c1-21-6-8-23(9-7-21)18-3-5-24(14-16-4-10-25-15-16)19(18)11-17-12-20-22(2)13-17/h12-13,16,18-19H,3-11,14-15H2,1-2H3/t16?,18-,19+/m1/s1. The molecule has 1 aromatic heterocycles. The first-order chi connectivity index (χ1) is 12.2. The molecule has 6 nitrogen and oxygen atoms in total. The summed E-state index contributed by atoms with van der Waals surface area (Å²) in [6, 6.07) is 1.31. The summed E-state index contributed by atoms with van der Waals surface area (Å²) in [5.74, 6) is 0.725. The second-order valence-corrected chi connectivity index (χ2v) is 8.21. The van der Waals surface area contributed by atoms with E-state index in [2.05, 4.69) is 39.2 Å². The van der Waals surface area contributed by atoms with E-state index in [4.69, 9.17) is 4.74 Å². The fourth-order valence-electron chi connectivity index (χ4n) is 4.85. The third kappa shape index (κ3) is 4.08. The van der Waals surface area contributed by atoms with Crippen molar-refractivity contribution in [2.45, 2.75) is 31.3 Å². The SMILES string of the molecule is CN1CCN([C@@H]2CCN(CC3CCOC3)[C@H]2Cc2cnn(C)c2)CC1. The Kier molecular flexibility index (Phi) is 5.41. The van der Waals surface area contributed by atoms with Crippen molar-refractivity contribution >= 4 is 0 Å². The molecule has 1 unspecified atom stereocenters. The van der Waals surface area contributed by atoms with Gasteiger partial charge in [-0.05, 0) is 37.8 Å². The van der Waals surface area contributed by atoms with Crippen LogP contribution in [-0.2, 0) is 18.2 Å². The van der Waals surface area contributed by atoms with E-state index in [9.17, 15) is 0 Å². The highest BCUT2D eigenvalue weighted by Gasteiger charge is 2.39. The van der Waals surface area contributed by atoms with Crippen LogP contribution in [0.25, 0.3) is 0 Å². The molecule has 0 radical (unpaired) electrons. The molecule has 0 N–H and O–H groups in total. The minimum absolute atomic E-state index is 0.619. The number of nitrogens with zero attached hydrogens (tertiary/aromatic N) is 5. The predicted octanol–water partition coefficient (Wildman–Crippen LogP) is 0.689. The van der Waals surface area contributed by atoms with Gasteiger partial charge in [0.2, 0.25) is 0 Å². The third-order valence-corrected chi connectivity index (χ3v) is 6.35. The minimum Gasteiger partial charge on any atom is -0.381 e. The molecule has 4 rings (SSSR count). The van der Waals surface area contributed by atoms with Crippen LogP contribution in [0.15, 0.2) is 12.4 Å². The number of ether oxygens (including phenoxy) is 1. The first-order valence-corrected chi connectivity index (χ1v) is 9.91. The molecule has 4 heterocycles. The average Bonchev–Trinajstić information content (AvgIpc) is 3.33. The minimum atomic E-state index is 0.619. The van der Waals surface area contributed by atoms with Gasteiger partial charge in [0.25, 0.3) is 0 Å². The number of hydrogen-bond donors (Lipinski definition) is 0. The van der Waals surface area contributed by atoms with Gasteiger partial charge in [0.15, 0.2) is 0 Å². The Morgan fingerprint density at radius 3 is 2.64 bits per heavy atom. The maximum Gasteiger partial charge on any atom is 0.0522 e. The van der Waals surface area contributed by atoms with Crippen LogP contribution in [0, 0.1) is 5.92 Å². The highest BCUT2D eigenvalue weighted by atomic mass is 16.5. The lowest BCUT2D eigenvalue weighted by atomic mass is 9.99. The zero-order valence-electron chi connectivity index (χ0n) is 15.8. The monoisotopic (exact) mass is 347 g/mol. The number of rotatable bonds is 5. The van der Waals surface area contributed by atoms with Gasteiger partial charge in [0.05, 0.1) is 12.8 Å². The molecular weight excluding hydrogens is 314 g/mol. The van der Waals surface area contributed by atoms with E-state index >= 15 is 0 Å². The van der Waals surface area contributed by atoms with Crippen LogP contribution < -0.4 is 0 Å². The van der Waals surface area contributed by atoms with Crippen molar-refractivity contribution in [3.05, 3.63) is 18.0 Å². The van der Waals surface area contributed by atoms with E-state index in [1.54, 1.807) is 0 Å². The molecule has 3 saturated heterocycles. The highest BCUT2D eigenvalue weighted by molar-refractivity contribution is 5.10. The predicted molar refractivity (Wildman–Crippen MR) is 98.7 cm³/mol. The summed E-state index contributed by atoms with van der Waals surface area (Å²) >= 11 is 0. The lowest BCUT2D eigenvalue weighted by Gasteiger charge is -2.40. The van der Waals surface area contributed by atoms with Gasteiger partial charge in [0, 0.05) is 71.2 Å². The zero-order chi connectivity index (χ0) is 17.2. The summed E-state index contributed by atoms with van der Waals surface area (Å²) in [6.07, 6.45) is 7.91. The Morgan fingerprint density at radius 1 is 1.12 bits per heavy atom. The van der Waals surface area contributed by atoms with Crippen LogP contribution in [0.4, 0.5) is 0 Å². The van der Waals surface area contributed by atoms with Gasteiger partial charge < -0.3 is 9.64 Å². The van der Waals surface area contributed by atoms with E-state index < -0.39 is 0 Å². The lowest BCUT2D eigenvalue weighted by molar-refractivity contribution is 0.0816. The Morgan fingerprint density at radius 2 is 1.96 bits per heavy atom. The molecule has 3 fully saturated rings. The second-order valence-electron chi connectivity index (χ2n) is 8.21. The molecule has 0 bridgehead atoms. The zero-order valence-corrected chi connectivity index (χ0v) is 15.8.